The average Bonchev–Trinajstić information content (AvgIpc) is 2.30. The first-order valence-corrected chi connectivity index (χ1v) is 5.53. The predicted molar refractivity (Wildman–Crippen MR) is 65.0 cm³/mol. The highest BCUT2D eigenvalue weighted by Crippen LogP contribution is 2.10. The molecule has 16 heavy (non-hydrogen) atoms. The Bertz CT molecular complexity index is 348. The Morgan fingerprint density at radius 3 is 2.75 bits per heavy atom. The van der Waals surface area contributed by atoms with Crippen LogP contribution in [0.15, 0.2) is 18.3 Å². The maximum atomic E-state index is 11.7. The van der Waals surface area contributed by atoms with Crippen molar-refractivity contribution in [2.45, 2.75) is 33.2 Å². The number of carbonyl (C=O) groups excluding carboxylic acids is 1. The van der Waals surface area contributed by atoms with Gasteiger partial charge in [-0.1, -0.05) is 20.3 Å². The second-order valence-electron chi connectivity index (χ2n) is 4.09. The zero-order valence-corrected chi connectivity index (χ0v) is 10.0. The number of amides is 1. The molecule has 4 heteroatoms. The number of carbonyl (C=O) groups is 1. The molecule has 1 rings (SSSR count). The van der Waals surface area contributed by atoms with E-state index in [0.717, 1.165) is 12.1 Å². The summed E-state index contributed by atoms with van der Waals surface area (Å²) in [5, 5.41) is 2.76. The van der Waals surface area contributed by atoms with Crippen molar-refractivity contribution in [3.05, 3.63) is 24.0 Å². The fourth-order valence-corrected chi connectivity index (χ4v) is 1.28. The molecule has 0 saturated heterocycles. The molecule has 0 bridgehead atoms. The van der Waals surface area contributed by atoms with E-state index in [2.05, 4.69) is 10.3 Å². The SMILES string of the molecule is CCC(C)C(N)C(=O)Nc1ccc(C)nc1. The second kappa shape index (κ2) is 5.61. The summed E-state index contributed by atoms with van der Waals surface area (Å²) in [6.07, 6.45) is 2.53. The normalized spacial score (nSPS) is 14.2. The van der Waals surface area contributed by atoms with E-state index in [1.807, 2.05) is 32.9 Å². The molecule has 1 amide bonds. The maximum Gasteiger partial charge on any atom is 0.241 e. The largest absolute Gasteiger partial charge is 0.323 e. The lowest BCUT2D eigenvalue weighted by atomic mass is 9.99. The molecule has 0 aliphatic rings. The number of nitrogens with zero attached hydrogens (tertiary/aromatic N) is 1. The van der Waals surface area contributed by atoms with E-state index in [1.165, 1.54) is 0 Å². The van der Waals surface area contributed by atoms with E-state index < -0.39 is 6.04 Å². The van der Waals surface area contributed by atoms with E-state index in [4.69, 9.17) is 5.73 Å². The summed E-state index contributed by atoms with van der Waals surface area (Å²) in [6, 6.07) is 3.21. The summed E-state index contributed by atoms with van der Waals surface area (Å²) >= 11 is 0. The lowest BCUT2D eigenvalue weighted by molar-refractivity contribution is -0.118. The highest BCUT2D eigenvalue weighted by Gasteiger charge is 2.19. The maximum absolute atomic E-state index is 11.7. The minimum absolute atomic E-state index is 0.153. The van der Waals surface area contributed by atoms with Crippen molar-refractivity contribution in [1.82, 2.24) is 4.98 Å². The van der Waals surface area contributed by atoms with Gasteiger partial charge in [0.15, 0.2) is 0 Å². The fraction of sp³-hybridized carbons (Fsp3) is 0.500. The molecule has 0 spiro atoms. The molecule has 0 saturated carbocycles. The van der Waals surface area contributed by atoms with Gasteiger partial charge in [0.25, 0.3) is 0 Å². The zero-order valence-electron chi connectivity index (χ0n) is 10.0. The fourth-order valence-electron chi connectivity index (χ4n) is 1.28. The number of rotatable bonds is 4. The van der Waals surface area contributed by atoms with Crippen molar-refractivity contribution in [3.8, 4) is 0 Å². The van der Waals surface area contributed by atoms with Crippen LogP contribution in [0.2, 0.25) is 0 Å². The van der Waals surface area contributed by atoms with Crippen molar-refractivity contribution in [2.75, 3.05) is 5.32 Å². The number of pyridine rings is 1. The Labute approximate surface area is 96.3 Å². The molecule has 0 aromatic carbocycles. The van der Waals surface area contributed by atoms with E-state index in [-0.39, 0.29) is 11.8 Å². The van der Waals surface area contributed by atoms with Gasteiger partial charge in [0.2, 0.25) is 5.91 Å². The summed E-state index contributed by atoms with van der Waals surface area (Å²) in [5.41, 5.74) is 7.43. The van der Waals surface area contributed by atoms with Gasteiger partial charge in [-0.2, -0.15) is 0 Å². The lowest BCUT2D eigenvalue weighted by Gasteiger charge is -2.17. The van der Waals surface area contributed by atoms with Gasteiger partial charge in [-0.3, -0.25) is 9.78 Å². The highest BCUT2D eigenvalue weighted by atomic mass is 16.2. The number of aryl methyl sites for hydroxylation is 1. The van der Waals surface area contributed by atoms with Crippen LogP contribution in [0.1, 0.15) is 26.0 Å². The molecule has 0 aliphatic heterocycles. The van der Waals surface area contributed by atoms with Crippen LogP contribution in [0.4, 0.5) is 5.69 Å². The van der Waals surface area contributed by atoms with Gasteiger partial charge >= 0.3 is 0 Å². The van der Waals surface area contributed by atoms with Crippen LogP contribution in [0.5, 0.6) is 0 Å². The molecule has 1 heterocycles. The number of hydrogen-bond donors (Lipinski definition) is 2. The van der Waals surface area contributed by atoms with Crippen LogP contribution in [0.25, 0.3) is 0 Å². The first-order valence-electron chi connectivity index (χ1n) is 5.53. The Morgan fingerprint density at radius 1 is 1.56 bits per heavy atom. The van der Waals surface area contributed by atoms with Crippen molar-refractivity contribution in [3.63, 3.8) is 0 Å². The quantitative estimate of drug-likeness (QED) is 0.813. The molecule has 4 nitrogen and oxygen atoms in total. The average molecular weight is 221 g/mol. The van der Waals surface area contributed by atoms with Gasteiger partial charge in [-0.15, -0.1) is 0 Å². The molecule has 0 aliphatic carbocycles. The molecule has 3 N–H and O–H groups in total. The Kier molecular flexibility index (Phi) is 4.43. The second-order valence-corrected chi connectivity index (χ2v) is 4.09. The minimum Gasteiger partial charge on any atom is -0.323 e. The highest BCUT2D eigenvalue weighted by molar-refractivity contribution is 5.94. The van der Waals surface area contributed by atoms with E-state index >= 15 is 0 Å². The van der Waals surface area contributed by atoms with E-state index in [1.54, 1.807) is 6.20 Å². The molecule has 1 aromatic heterocycles. The predicted octanol–water partition coefficient (Wildman–Crippen LogP) is 1.70. The summed E-state index contributed by atoms with van der Waals surface area (Å²) < 4.78 is 0. The smallest absolute Gasteiger partial charge is 0.241 e. The lowest BCUT2D eigenvalue weighted by Crippen LogP contribution is -2.40. The first kappa shape index (κ1) is 12.6. The topological polar surface area (TPSA) is 68.0 Å². The number of hydrogen-bond acceptors (Lipinski definition) is 3. The number of anilines is 1. The Balaban J connectivity index is 2.60. The molecule has 0 fully saturated rings. The summed E-state index contributed by atoms with van der Waals surface area (Å²) in [4.78, 5) is 15.8. The van der Waals surface area contributed by atoms with E-state index in [0.29, 0.717) is 5.69 Å². The number of aromatic nitrogens is 1. The number of nitrogens with one attached hydrogen (secondary N) is 1. The van der Waals surface area contributed by atoms with Crippen molar-refractivity contribution in [2.24, 2.45) is 11.7 Å². The van der Waals surface area contributed by atoms with Crippen molar-refractivity contribution in [1.29, 1.82) is 0 Å². The summed E-state index contributed by atoms with van der Waals surface area (Å²) in [5.74, 6) is 0.0263. The molecule has 2 atom stereocenters. The van der Waals surface area contributed by atoms with Crippen LogP contribution in [0, 0.1) is 12.8 Å². The molecular formula is C12H19N3O. The van der Waals surface area contributed by atoms with Crippen LogP contribution in [0.3, 0.4) is 0 Å². The van der Waals surface area contributed by atoms with Crippen LogP contribution in [-0.2, 0) is 4.79 Å². The molecule has 88 valence electrons. The molecule has 0 radical (unpaired) electrons. The minimum atomic E-state index is -0.466. The third-order valence-corrected chi connectivity index (χ3v) is 2.74. The molecule has 1 aromatic rings. The zero-order chi connectivity index (χ0) is 12.1. The van der Waals surface area contributed by atoms with Gasteiger partial charge in [0.05, 0.1) is 17.9 Å². The van der Waals surface area contributed by atoms with Gasteiger partial charge in [0, 0.05) is 5.69 Å². The van der Waals surface area contributed by atoms with Crippen LogP contribution >= 0.6 is 0 Å². The Hall–Kier alpha value is -1.42. The third kappa shape index (κ3) is 3.31. The van der Waals surface area contributed by atoms with Crippen LogP contribution < -0.4 is 11.1 Å². The molecular weight excluding hydrogens is 202 g/mol. The summed E-state index contributed by atoms with van der Waals surface area (Å²) in [7, 11) is 0. The third-order valence-electron chi connectivity index (χ3n) is 2.74. The standard InChI is InChI=1S/C12H19N3O/c1-4-8(2)11(13)12(16)15-10-6-5-9(3)14-7-10/h5-8,11H,4,13H2,1-3H3,(H,15,16). The monoisotopic (exact) mass is 221 g/mol. The van der Waals surface area contributed by atoms with Crippen LogP contribution in [-0.4, -0.2) is 16.9 Å². The van der Waals surface area contributed by atoms with E-state index in [9.17, 15) is 4.79 Å². The van der Waals surface area contributed by atoms with Crippen molar-refractivity contribution < 1.29 is 4.79 Å². The Morgan fingerprint density at radius 2 is 2.25 bits per heavy atom. The summed E-state index contributed by atoms with van der Waals surface area (Å²) in [6.45, 7) is 5.89. The number of nitrogens with two attached hydrogens (primary N) is 1. The van der Waals surface area contributed by atoms with Gasteiger partial charge < -0.3 is 11.1 Å². The van der Waals surface area contributed by atoms with Crippen molar-refractivity contribution >= 4 is 11.6 Å². The molecule has 2 unspecified atom stereocenters. The van der Waals surface area contributed by atoms with Gasteiger partial charge in [-0.25, -0.2) is 0 Å². The van der Waals surface area contributed by atoms with Gasteiger partial charge in [-0.05, 0) is 25.0 Å². The van der Waals surface area contributed by atoms with Gasteiger partial charge in [0.1, 0.15) is 0 Å². The first-order chi connectivity index (χ1) is 7.54.